The van der Waals surface area contributed by atoms with Crippen LogP contribution in [-0.2, 0) is 19.1 Å². The van der Waals surface area contributed by atoms with Gasteiger partial charge in [0.2, 0.25) is 0 Å². The topological polar surface area (TPSA) is 52.6 Å². The minimum atomic E-state index is -0.457. The van der Waals surface area contributed by atoms with Crippen LogP contribution in [0, 0.1) is 23.7 Å². The first kappa shape index (κ1) is 14.1. The Kier molecular flexibility index (Phi) is 8.44. The minimum absolute atomic E-state index is 0.00375. The zero-order chi connectivity index (χ0) is 12.2. The lowest BCUT2D eigenvalue weighted by molar-refractivity contribution is -0.148. The molecule has 0 aliphatic carbocycles. The number of esters is 2. The zero-order valence-electron chi connectivity index (χ0n) is 9.46. The van der Waals surface area contributed by atoms with Crippen molar-refractivity contribution in [1.82, 2.24) is 0 Å². The summed E-state index contributed by atoms with van der Waals surface area (Å²) in [6.45, 7) is 3.43. The predicted molar refractivity (Wildman–Crippen MR) is 58.1 cm³/mol. The second-order valence-electron chi connectivity index (χ2n) is 2.67. The summed E-state index contributed by atoms with van der Waals surface area (Å²) in [5.74, 6) is 9.42. The molecule has 0 aromatic rings. The van der Waals surface area contributed by atoms with Gasteiger partial charge in [-0.1, -0.05) is 11.8 Å². The van der Waals surface area contributed by atoms with Crippen molar-refractivity contribution in [1.29, 1.82) is 0 Å². The largest absolute Gasteiger partial charge is 0.452 e. The van der Waals surface area contributed by atoms with Crippen LogP contribution in [0.25, 0.3) is 0 Å². The molecular formula is C12H14O4. The molecule has 4 heteroatoms. The number of ether oxygens (including phenoxy) is 2. The fourth-order valence-corrected chi connectivity index (χ4v) is 0.726. The van der Waals surface area contributed by atoms with Crippen LogP contribution in [0.15, 0.2) is 0 Å². The van der Waals surface area contributed by atoms with E-state index in [0.717, 1.165) is 0 Å². The van der Waals surface area contributed by atoms with E-state index >= 15 is 0 Å². The van der Waals surface area contributed by atoms with E-state index in [1.807, 2.05) is 0 Å². The van der Waals surface area contributed by atoms with Gasteiger partial charge in [0.1, 0.15) is 0 Å². The third-order valence-electron chi connectivity index (χ3n) is 1.50. The highest BCUT2D eigenvalue weighted by Gasteiger charge is 2.07. The first-order chi connectivity index (χ1) is 7.70. The zero-order valence-corrected chi connectivity index (χ0v) is 9.46. The average molecular weight is 222 g/mol. The number of rotatable bonds is 5. The molecule has 86 valence electrons. The molecule has 0 unspecified atom stereocenters. The van der Waals surface area contributed by atoms with E-state index in [1.165, 1.54) is 0 Å². The highest BCUT2D eigenvalue weighted by atomic mass is 16.5. The van der Waals surface area contributed by atoms with Crippen molar-refractivity contribution in [2.45, 2.75) is 26.7 Å². The summed E-state index contributed by atoms with van der Waals surface area (Å²) in [5.41, 5.74) is 0. The predicted octanol–water partition coefficient (Wildman–Crippen LogP) is 0.900. The van der Waals surface area contributed by atoms with Crippen LogP contribution in [0.5, 0.6) is 0 Å². The molecule has 4 nitrogen and oxygen atoms in total. The average Bonchev–Trinajstić information content (AvgIpc) is 2.27. The maximum Gasteiger partial charge on any atom is 0.307 e. The van der Waals surface area contributed by atoms with Crippen LogP contribution < -0.4 is 0 Å². The Balaban J connectivity index is 3.60. The SMILES string of the molecule is CC#CCOC(=O)CCC(=O)OCC#CC. The summed E-state index contributed by atoms with van der Waals surface area (Å²) in [4.78, 5) is 22.1. The summed E-state index contributed by atoms with van der Waals surface area (Å²) < 4.78 is 9.42. The standard InChI is InChI=1S/C12H14O4/c1-3-5-9-15-11(13)7-8-12(14)16-10-6-4-2/h7-10H2,1-2H3. The number of carbonyl (C=O) groups excluding carboxylic acids is 2. The Morgan fingerprint density at radius 3 is 1.56 bits per heavy atom. The molecule has 0 atom stereocenters. The smallest absolute Gasteiger partial charge is 0.307 e. The fourth-order valence-electron chi connectivity index (χ4n) is 0.726. The summed E-state index contributed by atoms with van der Waals surface area (Å²) in [6.07, 6.45) is 0.00750. The second-order valence-corrected chi connectivity index (χ2v) is 2.67. The van der Waals surface area contributed by atoms with Crippen LogP contribution in [0.1, 0.15) is 26.7 Å². The molecule has 0 aliphatic heterocycles. The van der Waals surface area contributed by atoms with Gasteiger partial charge < -0.3 is 9.47 Å². The molecule has 0 heterocycles. The van der Waals surface area contributed by atoms with Gasteiger partial charge in [0.25, 0.3) is 0 Å². The Morgan fingerprint density at radius 2 is 1.25 bits per heavy atom. The molecule has 0 N–H and O–H groups in total. The van der Waals surface area contributed by atoms with E-state index in [2.05, 4.69) is 23.7 Å². The van der Waals surface area contributed by atoms with Crippen molar-refractivity contribution < 1.29 is 19.1 Å². The van der Waals surface area contributed by atoms with E-state index < -0.39 is 11.9 Å². The maximum atomic E-state index is 11.0. The molecule has 0 aromatic heterocycles. The van der Waals surface area contributed by atoms with Gasteiger partial charge in [-0.05, 0) is 13.8 Å². The van der Waals surface area contributed by atoms with Crippen LogP contribution in [0.2, 0.25) is 0 Å². The molecule has 0 aromatic carbocycles. The van der Waals surface area contributed by atoms with Crippen molar-refractivity contribution in [2.75, 3.05) is 13.2 Å². The number of hydrogen-bond acceptors (Lipinski definition) is 4. The Labute approximate surface area is 95.3 Å². The van der Waals surface area contributed by atoms with Crippen LogP contribution in [-0.4, -0.2) is 25.2 Å². The van der Waals surface area contributed by atoms with Gasteiger partial charge in [-0.15, -0.1) is 11.8 Å². The minimum Gasteiger partial charge on any atom is -0.452 e. The lowest BCUT2D eigenvalue weighted by Gasteiger charge is -2.01. The highest BCUT2D eigenvalue weighted by molar-refractivity contribution is 5.77. The molecular weight excluding hydrogens is 208 g/mol. The van der Waals surface area contributed by atoms with Crippen molar-refractivity contribution in [3.63, 3.8) is 0 Å². The molecule has 0 saturated carbocycles. The molecule has 0 saturated heterocycles. The van der Waals surface area contributed by atoms with Gasteiger partial charge in [-0.3, -0.25) is 9.59 Å². The number of carbonyl (C=O) groups is 2. The molecule has 0 aliphatic rings. The van der Waals surface area contributed by atoms with Crippen LogP contribution >= 0.6 is 0 Å². The summed E-state index contributed by atoms with van der Waals surface area (Å²) in [6, 6.07) is 0. The first-order valence-corrected chi connectivity index (χ1v) is 4.81. The highest BCUT2D eigenvalue weighted by Crippen LogP contribution is 1.95. The first-order valence-electron chi connectivity index (χ1n) is 4.81. The summed E-state index contributed by atoms with van der Waals surface area (Å²) in [7, 11) is 0. The molecule has 0 spiro atoms. The van der Waals surface area contributed by atoms with E-state index in [9.17, 15) is 9.59 Å². The molecule has 0 rings (SSSR count). The van der Waals surface area contributed by atoms with E-state index in [-0.39, 0.29) is 26.1 Å². The van der Waals surface area contributed by atoms with Crippen LogP contribution in [0.3, 0.4) is 0 Å². The van der Waals surface area contributed by atoms with Crippen molar-refractivity contribution in [2.24, 2.45) is 0 Å². The molecule has 16 heavy (non-hydrogen) atoms. The van der Waals surface area contributed by atoms with Crippen LogP contribution in [0.4, 0.5) is 0 Å². The van der Waals surface area contributed by atoms with Gasteiger partial charge in [-0.2, -0.15) is 0 Å². The van der Waals surface area contributed by atoms with Gasteiger partial charge in [0, 0.05) is 0 Å². The normalized spacial score (nSPS) is 7.88. The van der Waals surface area contributed by atoms with E-state index in [0.29, 0.717) is 0 Å². The fraction of sp³-hybridized carbons (Fsp3) is 0.500. The summed E-state index contributed by atoms with van der Waals surface area (Å²) >= 11 is 0. The van der Waals surface area contributed by atoms with Gasteiger partial charge in [0.15, 0.2) is 13.2 Å². The molecule has 0 radical (unpaired) electrons. The van der Waals surface area contributed by atoms with Crippen molar-refractivity contribution >= 4 is 11.9 Å². The number of hydrogen-bond donors (Lipinski definition) is 0. The molecule has 0 bridgehead atoms. The third-order valence-corrected chi connectivity index (χ3v) is 1.50. The lowest BCUT2D eigenvalue weighted by Crippen LogP contribution is -2.10. The quantitative estimate of drug-likeness (QED) is 0.512. The van der Waals surface area contributed by atoms with Gasteiger partial charge >= 0.3 is 11.9 Å². The summed E-state index contributed by atoms with van der Waals surface area (Å²) in [5, 5.41) is 0. The maximum absolute atomic E-state index is 11.0. The van der Waals surface area contributed by atoms with E-state index in [1.54, 1.807) is 13.8 Å². The molecule has 0 fully saturated rings. The monoisotopic (exact) mass is 222 g/mol. The van der Waals surface area contributed by atoms with Crippen molar-refractivity contribution in [3.05, 3.63) is 0 Å². The Hall–Kier alpha value is -1.94. The third kappa shape index (κ3) is 8.65. The second kappa shape index (κ2) is 9.61. The van der Waals surface area contributed by atoms with Gasteiger partial charge in [0.05, 0.1) is 12.8 Å². The Morgan fingerprint density at radius 1 is 0.875 bits per heavy atom. The van der Waals surface area contributed by atoms with E-state index in [4.69, 9.17) is 9.47 Å². The Bertz CT molecular complexity index is 313. The van der Waals surface area contributed by atoms with Crippen molar-refractivity contribution in [3.8, 4) is 23.7 Å². The molecule has 0 amide bonds. The lowest BCUT2D eigenvalue weighted by atomic mass is 10.3. The van der Waals surface area contributed by atoms with Gasteiger partial charge in [-0.25, -0.2) is 0 Å².